The second-order valence-electron chi connectivity index (χ2n) is 3.04. The van der Waals surface area contributed by atoms with Crippen LogP contribution in [0.5, 0.6) is 0 Å². The van der Waals surface area contributed by atoms with Crippen molar-refractivity contribution < 1.29 is 19.1 Å². The summed E-state index contributed by atoms with van der Waals surface area (Å²) in [7, 11) is 1.17. The third-order valence-corrected chi connectivity index (χ3v) is 2.54. The van der Waals surface area contributed by atoms with E-state index in [9.17, 15) is 14.4 Å². The Morgan fingerprint density at radius 3 is 2.88 bits per heavy atom. The van der Waals surface area contributed by atoms with Gasteiger partial charge in [-0.15, -0.1) is 11.3 Å². The van der Waals surface area contributed by atoms with Crippen LogP contribution in [0, 0.1) is 0 Å². The molecule has 0 aliphatic carbocycles. The zero-order valence-corrected chi connectivity index (χ0v) is 9.82. The highest BCUT2D eigenvalue weighted by Crippen LogP contribution is 2.16. The number of esters is 1. The third kappa shape index (κ3) is 3.83. The Morgan fingerprint density at radius 2 is 2.41 bits per heavy atom. The molecule has 3 N–H and O–H groups in total. The van der Waals surface area contributed by atoms with Crippen molar-refractivity contribution in [2.75, 3.05) is 12.8 Å². The van der Waals surface area contributed by atoms with E-state index in [1.807, 2.05) is 0 Å². The lowest BCUT2D eigenvalue weighted by Crippen LogP contribution is -2.31. The predicted molar refractivity (Wildman–Crippen MR) is 60.1 cm³/mol. The highest BCUT2D eigenvalue weighted by Gasteiger charge is 2.18. The average molecular weight is 257 g/mol. The molecule has 0 aromatic carbocycles. The van der Waals surface area contributed by atoms with Gasteiger partial charge in [0.25, 0.3) is 0 Å². The standard InChI is InChI=1S/C9H11N3O4S/c1-16-8(15)2-7(14)11-5(3-13)6-4-17-9(10)12-6/h3-5H,2H2,1H3,(H2,10,12)(H,11,14). The van der Waals surface area contributed by atoms with Gasteiger partial charge in [0.05, 0.1) is 12.8 Å². The molecular formula is C9H11N3O4S. The van der Waals surface area contributed by atoms with E-state index in [0.717, 1.165) is 11.3 Å². The number of aldehydes is 1. The average Bonchev–Trinajstić information content (AvgIpc) is 2.72. The summed E-state index contributed by atoms with van der Waals surface area (Å²) in [4.78, 5) is 36.8. The number of nitrogens with one attached hydrogen (secondary N) is 1. The number of nitrogens with two attached hydrogens (primary N) is 1. The van der Waals surface area contributed by atoms with Crippen molar-refractivity contribution in [3.8, 4) is 0 Å². The van der Waals surface area contributed by atoms with Gasteiger partial charge in [0.1, 0.15) is 18.7 Å². The number of amides is 1. The number of thiazole rings is 1. The van der Waals surface area contributed by atoms with Crippen molar-refractivity contribution in [2.24, 2.45) is 0 Å². The molecule has 17 heavy (non-hydrogen) atoms. The van der Waals surface area contributed by atoms with Gasteiger partial charge in [-0.3, -0.25) is 9.59 Å². The van der Waals surface area contributed by atoms with Gasteiger partial charge >= 0.3 is 5.97 Å². The zero-order valence-electron chi connectivity index (χ0n) is 9.00. The Labute approximate surface area is 101 Å². The molecular weight excluding hydrogens is 246 g/mol. The maximum absolute atomic E-state index is 11.3. The fourth-order valence-electron chi connectivity index (χ4n) is 1.05. The van der Waals surface area contributed by atoms with Crippen molar-refractivity contribution in [2.45, 2.75) is 12.5 Å². The molecule has 0 aliphatic rings. The molecule has 8 heteroatoms. The molecule has 0 saturated heterocycles. The summed E-state index contributed by atoms with van der Waals surface area (Å²) in [6, 6.07) is -0.902. The first kappa shape index (κ1) is 13.1. The van der Waals surface area contributed by atoms with E-state index in [1.54, 1.807) is 5.38 Å². The van der Waals surface area contributed by atoms with E-state index in [1.165, 1.54) is 7.11 Å². The molecule has 1 amide bonds. The fourth-order valence-corrected chi connectivity index (χ4v) is 1.65. The summed E-state index contributed by atoms with van der Waals surface area (Å²) in [5, 5.41) is 4.20. The van der Waals surface area contributed by atoms with Crippen LogP contribution in [-0.2, 0) is 19.1 Å². The van der Waals surface area contributed by atoms with Gasteiger partial charge < -0.3 is 20.6 Å². The van der Waals surface area contributed by atoms with Gasteiger partial charge in [-0.1, -0.05) is 0 Å². The first-order chi connectivity index (χ1) is 8.06. The smallest absolute Gasteiger partial charge is 0.315 e. The number of carbonyl (C=O) groups is 3. The molecule has 1 unspecified atom stereocenters. The number of nitrogen functional groups attached to an aromatic ring is 1. The van der Waals surface area contributed by atoms with Crippen LogP contribution < -0.4 is 11.1 Å². The van der Waals surface area contributed by atoms with Crippen LogP contribution in [0.1, 0.15) is 18.2 Å². The highest BCUT2D eigenvalue weighted by atomic mass is 32.1. The van der Waals surface area contributed by atoms with Crippen LogP contribution >= 0.6 is 11.3 Å². The highest BCUT2D eigenvalue weighted by molar-refractivity contribution is 7.13. The van der Waals surface area contributed by atoms with Crippen molar-refractivity contribution in [1.82, 2.24) is 10.3 Å². The number of hydrogen-bond donors (Lipinski definition) is 2. The second kappa shape index (κ2) is 5.94. The molecule has 92 valence electrons. The lowest BCUT2D eigenvalue weighted by atomic mass is 10.2. The quantitative estimate of drug-likeness (QED) is 0.423. The number of ether oxygens (including phenoxy) is 1. The van der Waals surface area contributed by atoms with Crippen molar-refractivity contribution in [1.29, 1.82) is 0 Å². The Bertz CT molecular complexity index is 432. The summed E-state index contributed by atoms with van der Waals surface area (Å²) in [5.74, 6) is -1.29. The summed E-state index contributed by atoms with van der Waals surface area (Å²) in [6.45, 7) is 0. The van der Waals surface area contributed by atoms with Crippen LogP contribution in [0.3, 0.4) is 0 Å². The SMILES string of the molecule is COC(=O)CC(=O)NC(C=O)c1csc(N)n1. The predicted octanol–water partition coefficient (Wildman–Crippen LogP) is -0.355. The van der Waals surface area contributed by atoms with E-state index >= 15 is 0 Å². The van der Waals surface area contributed by atoms with E-state index in [-0.39, 0.29) is 0 Å². The van der Waals surface area contributed by atoms with Gasteiger partial charge in [0.15, 0.2) is 5.13 Å². The van der Waals surface area contributed by atoms with Crippen LogP contribution in [0.4, 0.5) is 5.13 Å². The zero-order chi connectivity index (χ0) is 12.8. The third-order valence-electron chi connectivity index (χ3n) is 1.84. The first-order valence-electron chi connectivity index (χ1n) is 4.59. The number of anilines is 1. The molecule has 1 aromatic heterocycles. The summed E-state index contributed by atoms with van der Waals surface area (Å²) < 4.78 is 4.32. The second-order valence-corrected chi connectivity index (χ2v) is 3.93. The van der Waals surface area contributed by atoms with Crippen LogP contribution in [-0.4, -0.2) is 30.3 Å². The fraction of sp³-hybridized carbons (Fsp3) is 0.333. The van der Waals surface area contributed by atoms with Gasteiger partial charge in [-0.05, 0) is 0 Å². The molecule has 0 radical (unpaired) electrons. The van der Waals surface area contributed by atoms with E-state index in [0.29, 0.717) is 17.1 Å². The lowest BCUT2D eigenvalue weighted by molar-refractivity contribution is -0.144. The molecule has 0 saturated carbocycles. The monoisotopic (exact) mass is 257 g/mol. The van der Waals surface area contributed by atoms with Crippen LogP contribution in [0.2, 0.25) is 0 Å². The number of nitrogens with zero attached hydrogens (tertiary/aromatic N) is 1. The van der Waals surface area contributed by atoms with Gasteiger partial charge in [-0.25, -0.2) is 4.98 Å². The molecule has 0 aliphatic heterocycles. The lowest BCUT2D eigenvalue weighted by Gasteiger charge is -2.09. The van der Waals surface area contributed by atoms with Crippen molar-refractivity contribution in [3.63, 3.8) is 0 Å². The maximum atomic E-state index is 11.3. The molecule has 0 fully saturated rings. The van der Waals surface area contributed by atoms with Crippen molar-refractivity contribution in [3.05, 3.63) is 11.1 Å². The molecule has 0 spiro atoms. The molecule has 1 aromatic rings. The van der Waals surface area contributed by atoms with Gasteiger partial charge in [0, 0.05) is 5.38 Å². The largest absolute Gasteiger partial charge is 0.469 e. The number of methoxy groups -OCH3 is 1. The summed E-state index contributed by atoms with van der Waals surface area (Å²) >= 11 is 1.16. The first-order valence-corrected chi connectivity index (χ1v) is 5.47. The Hall–Kier alpha value is -1.96. The molecule has 7 nitrogen and oxygen atoms in total. The minimum Gasteiger partial charge on any atom is -0.469 e. The number of aromatic nitrogens is 1. The van der Waals surface area contributed by atoms with Gasteiger partial charge in [0.2, 0.25) is 5.91 Å². The maximum Gasteiger partial charge on any atom is 0.315 e. The Morgan fingerprint density at radius 1 is 1.71 bits per heavy atom. The minimum absolute atomic E-state index is 0.300. The topological polar surface area (TPSA) is 111 Å². The summed E-state index contributed by atoms with van der Waals surface area (Å²) in [5.41, 5.74) is 5.76. The van der Waals surface area contributed by atoms with E-state index in [2.05, 4.69) is 15.0 Å². The van der Waals surface area contributed by atoms with Crippen LogP contribution in [0.25, 0.3) is 0 Å². The van der Waals surface area contributed by atoms with E-state index < -0.39 is 24.3 Å². The van der Waals surface area contributed by atoms with Gasteiger partial charge in [-0.2, -0.15) is 0 Å². The molecule has 1 heterocycles. The van der Waals surface area contributed by atoms with E-state index in [4.69, 9.17) is 5.73 Å². The van der Waals surface area contributed by atoms with Crippen molar-refractivity contribution >= 4 is 34.6 Å². The number of hydrogen-bond acceptors (Lipinski definition) is 7. The molecule has 0 bridgehead atoms. The summed E-state index contributed by atoms with van der Waals surface area (Å²) in [6.07, 6.45) is 0.0735. The minimum atomic E-state index is -0.902. The molecule has 1 rings (SSSR count). The Kier molecular flexibility index (Phi) is 4.58. The number of carbonyl (C=O) groups excluding carboxylic acids is 3. The Balaban J connectivity index is 2.61. The number of rotatable bonds is 5. The molecule has 1 atom stereocenters. The van der Waals surface area contributed by atoms with Crippen LogP contribution in [0.15, 0.2) is 5.38 Å². The normalized spacial score (nSPS) is 11.6.